The fourth-order valence-electron chi connectivity index (χ4n) is 4.85. The van der Waals surface area contributed by atoms with Crippen molar-refractivity contribution in [2.75, 3.05) is 13.2 Å². The molecule has 1 atom stereocenters. The van der Waals surface area contributed by atoms with E-state index in [1.165, 1.54) is 0 Å². The van der Waals surface area contributed by atoms with Crippen molar-refractivity contribution >= 4 is 5.91 Å². The van der Waals surface area contributed by atoms with Crippen LogP contribution in [0.5, 0.6) is 11.5 Å². The molecule has 0 saturated heterocycles. The molecule has 7 heteroatoms. The molecule has 0 bridgehead atoms. The standard InChI is InChI=1S/C29H29N3O4/c1-18-15-19(2)28(34)23(16-18)25-24-26(31-30-25)29(35)32(13-6-14-33)27(24)21-9-11-22(12-10-21)36-17-20-7-4-3-5-8-20/h3-5,7-12,15-16,27,33-34H,6,13-14,17H2,1-2H3,(H,30,31)/t27-/m0/s1. The summed E-state index contributed by atoms with van der Waals surface area (Å²) in [6.07, 6.45) is 0.461. The van der Waals surface area contributed by atoms with Gasteiger partial charge in [-0.15, -0.1) is 0 Å². The van der Waals surface area contributed by atoms with Crippen LogP contribution in [-0.2, 0) is 6.61 Å². The third kappa shape index (κ3) is 4.33. The Morgan fingerprint density at radius 2 is 1.81 bits per heavy atom. The Kier molecular flexibility index (Phi) is 6.48. The number of phenols is 1. The maximum absolute atomic E-state index is 13.4. The normalized spacial score (nSPS) is 14.8. The number of benzene rings is 3. The molecule has 4 aromatic rings. The lowest BCUT2D eigenvalue weighted by molar-refractivity contribution is 0.0732. The number of aliphatic hydroxyl groups excluding tert-OH is 1. The van der Waals surface area contributed by atoms with Crippen LogP contribution in [-0.4, -0.2) is 44.4 Å². The van der Waals surface area contributed by atoms with Crippen LogP contribution in [0.1, 0.15) is 50.8 Å². The van der Waals surface area contributed by atoms with Crippen LogP contribution in [0.15, 0.2) is 66.7 Å². The highest BCUT2D eigenvalue weighted by Crippen LogP contribution is 2.45. The zero-order valence-corrected chi connectivity index (χ0v) is 20.4. The van der Waals surface area contributed by atoms with Crippen LogP contribution in [0, 0.1) is 13.8 Å². The van der Waals surface area contributed by atoms with Gasteiger partial charge in [0.1, 0.15) is 29.5 Å². The third-order valence-corrected chi connectivity index (χ3v) is 6.57. The number of phenolic OH excluding ortho intramolecular Hbond substituents is 1. The SMILES string of the molecule is Cc1cc(C)c(O)c(-c2n[nH]c3c2[C@H](c2ccc(OCc4ccccc4)cc2)N(CCCO)C3=O)c1. The number of aromatic amines is 1. The van der Waals surface area contributed by atoms with E-state index in [2.05, 4.69) is 10.2 Å². The first-order valence-electron chi connectivity index (χ1n) is 12.0. The summed E-state index contributed by atoms with van der Waals surface area (Å²) in [6, 6.07) is 21.1. The summed E-state index contributed by atoms with van der Waals surface area (Å²) in [7, 11) is 0. The van der Waals surface area contributed by atoms with Crippen molar-refractivity contribution in [3.05, 3.63) is 100 Å². The number of aryl methyl sites for hydroxylation is 2. The summed E-state index contributed by atoms with van der Waals surface area (Å²) in [6.45, 7) is 4.66. The highest BCUT2D eigenvalue weighted by Gasteiger charge is 2.42. The molecule has 1 aromatic heterocycles. The fourth-order valence-corrected chi connectivity index (χ4v) is 4.85. The van der Waals surface area contributed by atoms with Crippen molar-refractivity contribution in [3.63, 3.8) is 0 Å². The van der Waals surface area contributed by atoms with E-state index in [1.807, 2.05) is 80.6 Å². The number of nitrogens with one attached hydrogen (secondary N) is 1. The summed E-state index contributed by atoms with van der Waals surface area (Å²) in [5.74, 6) is 0.712. The van der Waals surface area contributed by atoms with E-state index >= 15 is 0 Å². The molecular formula is C29H29N3O4. The first-order valence-corrected chi connectivity index (χ1v) is 12.0. The number of amides is 1. The number of nitrogens with zero attached hydrogens (tertiary/aromatic N) is 2. The summed E-state index contributed by atoms with van der Waals surface area (Å²) in [5.41, 5.74) is 6.03. The Labute approximate surface area is 210 Å². The number of hydrogen-bond donors (Lipinski definition) is 3. The molecule has 184 valence electrons. The Hall–Kier alpha value is -4.10. The minimum atomic E-state index is -0.406. The first kappa shape index (κ1) is 23.6. The van der Waals surface area contributed by atoms with E-state index < -0.39 is 6.04 Å². The number of H-pyrrole nitrogens is 1. The van der Waals surface area contributed by atoms with Gasteiger partial charge in [-0.1, -0.05) is 48.5 Å². The molecular weight excluding hydrogens is 454 g/mol. The van der Waals surface area contributed by atoms with E-state index in [0.717, 1.165) is 33.6 Å². The lowest BCUT2D eigenvalue weighted by Gasteiger charge is -2.26. The third-order valence-electron chi connectivity index (χ3n) is 6.57. The number of hydrogen-bond acceptors (Lipinski definition) is 5. The molecule has 0 spiro atoms. The predicted molar refractivity (Wildman–Crippen MR) is 137 cm³/mol. The summed E-state index contributed by atoms with van der Waals surface area (Å²) < 4.78 is 5.95. The average Bonchev–Trinajstić information content (AvgIpc) is 3.43. The second-order valence-electron chi connectivity index (χ2n) is 9.16. The minimum Gasteiger partial charge on any atom is -0.507 e. The number of aromatic hydroxyl groups is 1. The molecule has 0 unspecified atom stereocenters. The van der Waals surface area contributed by atoms with Gasteiger partial charge in [0.2, 0.25) is 0 Å². The molecule has 3 aromatic carbocycles. The Bertz CT molecular complexity index is 1380. The molecule has 5 rings (SSSR count). The van der Waals surface area contributed by atoms with Gasteiger partial charge in [-0.25, -0.2) is 0 Å². The molecule has 1 aliphatic heterocycles. The van der Waals surface area contributed by atoms with E-state index in [4.69, 9.17) is 4.74 Å². The van der Waals surface area contributed by atoms with Crippen LogP contribution in [0.2, 0.25) is 0 Å². The topological polar surface area (TPSA) is 98.7 Å². The minimum absolute atomic E-state index is 0.0142. The zero-order valence-electron chi connectivity index (χ0n) is 20.4. The van der Waals surface area contributed by atoms with Crippen molar-refractivity contribution < 1.29 is 19.7 Å². The van der Waals surface area contributed by atoms with Gasteiger partial charge < -0.3 is 19.8 Å². The van der Waals surface area contributed by atoms with Crippen LogP contribution in [0.4, 0.5) is 0 Å². The van der Waals surface area contributed by atoms with Gasteiger partial charge in [0.15, 0.2) is 0 Å². The summed E-state index contributed by atoms with van der Waals surface area (Å²) in [5, 5.41) is 27.7. The van der Waals surface area contributed by atoms with Crippen molar-refractivity contribution in [1.82, 2.24) is 15.1 Å². The van der Waals surface area contributed by atoms with E-state index in [0.29, 0.717) is 36.5 Å². The zero-order chi connectivity index (χ0) is 25.2. The molecule has 0 radical (unpaired) electrons. The van der Waals surface area contributed by atoms with Crippen molar-refractivity contribution in [2.24, 2.45) is 0 Å². The number of aromatic nitrogens is 2. The quantitative estimate of drug-likeness (QED) is 0.331. The average molecular weight is 484 g/mol. The molecule has 0 aliphatic carbocycles. The van der Waals surface area contributed by atoms with E-state index in [1.54, 1.807) is 4.90 Å². The second kappa shape index (κ2) is 9.87. The Morgan fingerprint density at radius 1 is 1.06 bits per heavy atom. The number of fused-ring (bicyclic) bond motifs is 1. The maximum Gasteiger partial charge on any atom is 0.273 e. The molecule has 3 N–H and O–H groups in total. The number of carbonyl (C=O) groups excluding carboxylic acids is 1. The molecule has 0 fully saturated rings. The second-order valence-corrected chi connectivity index (χ2v) is 9.16. The molecule has 1 aliphatic rings. The number of ether oxygens (including phenoxy) is 1. The highest BCUT2D eigenvalue weighted by molar-refractivity contribution is 6.00. The fraction of sp³-hybridized carbons (Fsp3) is 0.241. The molecule has 0 saturated carbocycles. The lowest BCUT2D eigenvalue weighted by atomic mass is 9.94. The smallest absolute Gasteiger partial charge is 0.273 e. The molecule has 2 heterocycles. The van der Waals surface area contributed by atoms with Gasteiger partial charge in [0.05, 0.1) is 6.04 Å². The van der Waals surface area contributed by atoms with Crippen LogP contribution in [0.3, 0.4) is 0 Å². The summed E-state index contributed by atoms with van der Waals surface area (Å²) >= 11 is 0. The van der Waals surface area contributed by atoms with Gasteiger partial charge in [-0.2, -0.15) is 5.10 Å². The number of rotatable bonds is 8. The van der Waals surface area contributed by atoms with Gasteiger partial charge in [0.25, 0.3) is 5.91 Å². The van der Waals surface area contributed by atoms with Gasteiger partial charge in [-0.3, -0.25) is 9.89 Å². The largest absolute Gasteiger partial charge is 0.507 e. The first-order chi connectivity index (χ1) is 17.5. The Balaban J connectivity index is 1.52. The number of carbonyl (C=O) groups is 1. The highest BCUT2D eigenvalue weighted by atomic mass is 16.5. The molecule has 36 heavy (non-hydrogen) atoms. The van der Waals surface area contributed by atoms with Crippen molar-refractivity contribution in [3.8, 4) is 22.8 Å². The lowest BCUT2D eigenvalue weighted by Crippen LogP contribution is -2.31. The molecule has 7 nitrogen and oxygen atoms in total. The number of aliphatic hydroxyl groups is 1. The van der Waals surface area contributed by atoms with Crippen LogP contribution >= 0.6 is 0 Å². The van der Waals surface area contributed by atoms with E-state index in [9.17, 15) is 15.0 Å². The van der Waals surface area contributed by atoms with Crippen molar-refractivity contribution in [1.29, 1.82) is 0 Å². The van der Waals surface area contributed by atoms with E-state index in [-0.39, 0.29) is 18.3 Å². The van der Waals surface area contributed by atoms with Gasteiger partial charge in [-0.05, 0) is 60.7 Å². The maximum atomic E-state index is 13.4. The van der Waals surface area contributed by atoms with Crippen LogP contribution < -0.4 is 4.74 Å². The van der Waals surface area contributed by atoms with Gasteiger partial charge in [0, 0.05) is 24.3 Å². The van der Waals surface area contributed by atoms with Crippen molar-refractivity contribution in [2.45, 2.75) is 32.9 Å². The Morgan fingerprint density at radius 3 is 2.53 bits per heavy atom. The monoisotopic (exact) mass is 483 g/mol. The molecule has 1 amide bonds. The summed E-state index contributed by atoms with van der Waals surface area (Å²) in [4.78, 5) is 15.1. The van der Waals surface area contributed by atoms with Crippen LogP contribution in [0.25, 0.3) is 11.3 Å². The van der Waals surface area contributed by atoms with Gasteiger partial charge >= 0.3 is 0 Å². The predicted octanol–water partition coefficient (Wildman–Crippen LogP) is 4.91.